The van der Waals surface area contributed by atoms with Gasteiger partial charge in [-0.25, -0.2) is 4.79 Å². The third-order valence-electron chi connectivity index (χ3n) is 4.69. The fourth-order valence-corrected chi connectivity index (χ4v) is 3.06. The average Bonchev–Trinajstić information content (AvgIpc) is 2.67. The molecule has 0 amide bonds. The van der Waals surface area contributed by atoms with E-state index in [0.29, 0.717) is 12.2 Å². The highest BCUT2D eigenvalue weighted by molar-refractivity contribution is 5.70. The van der Waals surface area contributed by atoms with Gasteiger partial charge in [-0.15, -0.1) is 0 Å². The molecule has 2 aromatic carbocycles. The normalized spacial score (nSPS) is 10.7. The van der Waals surface area contributed by atoms with Crippen LogP contribution in [0.15, 0.2) is 59.4 Å². The Bertz CT molecular complexity index is 971. The van der Waals surface area contributed by atoms with E-state index in [4.69, 9.17) is 0 Å². The predicted octanol–water partition coefficient (Wildman–Crippen LogP) is 3.73. The van der Waals surface area contributed by atoms with Crippen LogP contribution in [-0.4, -0.2) is 37.7 Å². The first-order chi connectivity index (χ1) is 12.9. The second-order valence-electron chi connectivity index (χ2n) is 6.94. The zero-order valence-corrected chi connectivity index (χ0v) is 16.6. The molecule has 0 aliphatic heterocycles. The fourth-order valence-electron chi connectivity index (χ4n) is 3.06. The first kappa shape index (κ1) is 18.7. The van der Waals surface area contributed by atoms with Crippen molar-refractivity contribution in [3.8, 4) is 22.5 Å². The highest BCUT2D eigenvalue weighted by atomic mass is 16.1. The van der Waals surface area contributed by atoms with Crippen molar-refractivity contribution >= 4 is 11.4 Å². The van der Waals surface area contributed by atoms with E-state index in [-0.39, 0.29) is 5.69 Å². The van der Waals surface area contributed by atoms with Crippen LogP contribution >= 0.6 is 0 Å². The van der Waals surface area contributed by atoms with Gasteiger partial charge in [-0.05, 0) is 42.8 Å². The second kappa shape index (κ2) is 7.66. The predicted molar refractivity (Wildman–Crippen MR) is 114 cm³/mol. The SMILES string of the molecule is CCn1c(-c2ccc(N(C)C)cc2)cc(-c2ccc(N(C)C)cc2)nc1=O. The van der Waals surface area contributed by atoms with Gasteiger partial charge in [-0.2, -0.15) is 4.98 Å². The van der Waals surface area contributed by atoms with Gasteiger partial charge < -0.3 is 9.80 Å². The van der Waals surface area contributed by atoms with E-state index < -0.39 is 0 Å². The van der Waals surface area contributed by atoms with Crippen molar-refractivity contribution in [1.82, 2.24) is 9.55 Å². The molecular weight excluding hydrogens is 336 g/mol. The van der Waals surface area contributed by atoms with Crippen LogP contribution in [0.3, 0.4) is 0 Å². The molecule has 0 fully saturated rings. The van der Waals surface area contributed by atoms with Crippen LogP contribution in [0, 0.1) is 0 Å². The Morgan fingerprint density at radius 3 is 1.74 bits per heavy atom. The third kappa shape index (κ3) is 3.87. The molecule has 0 aliphatic rings. The van der Waals surface area contributed by atoms with Crippen molar-refractivity contribution in [3.05, 3.63) is 65.1 Å². The maximum Gasteiger partial charge on any atom is 0.348 e. The Balaban J connectivity index is 2.09. The molecule has 3 aromatic rings. The van der Waals surface area contributed by atoms with Crippen LogP contribution in [0.25, 0.3) is 22.5 Å². The largest absolute Gasteiger partial charge is 0.378 e. The van der Waals surface area contributed by atoms with E-state index in [2.05, 4.69) is 34.1 Å². The van der Waals surface area contributed by atoms with E-state index in [1.54, 1.807) is 4.57 Å². The maximum atomic E-state index is 12.6. The molecule has 27 heavy (non-hydrogen) atoms. The van der Waals surface area contributed by atoms with Gasteiger partial charge in [0, 0.05) is 51.7 Å². The van der Waals surface area contributed by atoms with Gasteiger partial charge in [-0.3, -0.25) is 4.57 Å². The summed E-state index contributed by atoms with van der Waals surface area (Å²) in [5, 5.41) is 0. The summed E-state index contributed by atoms with van der Waals surface area (Å²) in [6.45, 7) is 2.54. The van der Waals surface area contributed by atoms with Gasteiger partial charge in [0.15, 0.2) is 0 Å². The summed E-state index contributed by atoms with van der Waals surface area (Å²) in [5.74, 6) is 0. The summed E-state index contributed by atoms with van der Waals surface area (Å²) in [6.07, 6.45) is 0. The van der Waals surface area contributed by atoms with E-state index in [1.165, 1.54) is 0 Å². The fraction of sp³-hybridized carbons (Fsp3) is 0.273. The molecule has 5 nitrogen and oxygen atoms in total. The number of rotatable bonds is 5. The second-order valence-corrected chi connectivity index (χ2v) is 6.94. The Morgan fingerprint density at radius 2 is 1.30 bits per heavy atom. The lowest BCUT2D eigenvalue weighted by molar-refractivity contribution is 0.709. The minimum Gasteiger partial charge on any atom is -0.378 e. The zero-order chi connectivity index (χ0) is 19.6. The lowest BCUT2D eigenvalue weighted by atomic mass is 10.1. The number of hydrogen-bond donors (Lipinski definition) is 0. The molecule has 0 aliphatic carbocycles. The molecule has 0 spiro atoms. The van der Waals surface area contributed by atoms with Crippen LogP contribution in [-0.2, 0) is 6.54 Å². The smallest absolute Gasteiger partial charge is 0.348 e. The molecule has 0 saturated heterocycles. The van der Waals surface area contributed by atoms with Gasteiger partial charge in [0.1, 0.15) is 0 Å². The molecule has 0 unspecified atom stereocenters. The van der Waals surface area contributed by atoms with Crippen molar-refractivity contribution in [2.75, 3.05) is 38.0 Å². The molecule has 1 aromatic heterocycles. The molecule has 0 bridgehead atoms. The minimum atomic E-state index is -0.224. The number of hydrogen-bond acceptors (Lipinski definition) is 4. The van der Waals surface area contributed by atoms with E-state index >= 15 is 0 Å². The van der Waals surface area contributed by atoms with E-state index in [1.807, 2.05) is 70.3 Å². The summed E-state index contributed by atoms with van der Waals surface area (Å²) >= 11 is 0. The highest BCUT2D eigenvalue weighted by Crippen LogP contribution is 2.26. The van der Waals surface area contributed by atoms with Crippen LogP contribution in [0.4, 0.5) is 11.4 Å². The maximum absolute atomic E-state index is 12.6. The van der Waals surface area contributed by atoms with Gasteiger partial charge in [0.2, 0.25) is 0 Å². The zero-order valence-electron chi connectivity index (χ0n) is 16.6. The average molecular weight is 362 g/mol. The van der Waals surface area contributed by atoms with E-state index in [9.17, 15) is 4.79 Å². The van der Waals surface area contributed by atoms with Crippen LogP contribution in [0.1, 0.15) is 6.92 Å². The van der Waals surface area contributed by atoms with Gasteiger partial charge in [-0.1, -0.05) is 24.3 Å². The number of nitrogens with zero attached hydrogens (tertiary/aromatic N) is 4. The summed E-state index contributed by atoms with van der Waals surface area (Å²) in [7, 11) is 8.04. The van der Waals surface area contributed by atoms with Crippen molar-refractivity contribution < 1.29 is 0 Å². The molecule has 0 atom stereocenters. The quantitative estimate of drug-likeness (QED) is 0.693. The minimum absolute atomic E-state index is 0.224. The van der Waals surface area contributed by atoms with Crippen molar-refractivity contribution in [3.63, 3.8) is 0 Å². The Hall–Kier alpha value is -3.08. The van der Waals surface area contributed by atoms with Crippen LogP contribution in [0.2, 0.25) is 0 Å². The van der Waals surface area contributed by atoms with Crippen molar-refractivity contribution in [2.24, 2.45) is 0 Å². The molecule has 0 radical (unpaired) electrons. The molecule has 3 rings (SSSR count). The third-order valence-corrected chi connectivity index (χ3v) is 4.69. The first-order valence-electron chi connectivity index (χ1n) is 9.08. The van der Waals surface area contributed by atoms with Gasteiger partial charge in [0.05, 0.1) is 11.4 Å². The summed E-state index contributed by atoms with van der Waals surface area (Å²) in [5.41, 5.74) is 5.53. The van der Waals surface area contributed by atoms with Gasteiger partial charge in [0.25, 0.3) is 0 Å². The topological polar surface area (TPSA) is 41.4 Å². The van der Waals surface area contributed by atoms with Crippen LogP contribution in [0.5, 0.6) is 0 Å². The van der Waals surface area contributed by atoms with Crippen molar-refractivity contribution in [1.29, 1.82) is 0 Å². The monoisotopic (exact) mass is 362 g/mol. The molecule has 5 heteroatoms. The number of aromatic nitrogens is 2. The molecule has 0 N–H and O–H groups in total. The first-order valence-corrected chi connectivity index (χ1v) is 9.08. The molecule has 140 valence electrons. The summed E-state index contributed by atoms with van der Waals surface area (Å²) < 4.78 is 1.71. The Kier molecular flexibility index (Phi) is 5.31. The summed E-state index contributed by atoms with van der Waals surface area (Å²) in [4.78, 5) is 21.0. The van der Waals surface area contributed by atoms with Crippen LogP contribution < -0.4 is 15.5 Å². The van der Waals surface area contributed by atoms with Crippen molar-refractivity contribution in [2.45, 2.75) is 13.5 Å². The Morgan fingerprint density at radius 1 is 0.815 bits per heavy atom. The Labute approximate surface area is 160 Å². The molecular formula is C22H26N4O. The lowest BCUT2D eigenvalue weighted by Crippen LogP contribution is -2.24. The molecule has 0 saturated carbocycles. The number of anilines is 2. The van der Waals surface area contributed by atoms with E-state index in [0.717, 1.165) is 28.2 Å². The highest BCUT2D eigenvalue weighted by Gasteiger charge is 2.11. The number of benzene rings is 2. The summed E-state index contributed by atoms with van der Waals surface area (Å²) in [6, 6.07) is 18.3. The molecule has 1 heterocycles. The van der Waals surface area contributed by atoms with Gasteiger partial charge >= 0.3 is 5.69 Å². The lowest BCUT2D eigenvalue weighted by Gasteiger charge is -2.16. The standard InChI is InChI=1S/C22H26N4O/c1-6-26-21(17-9-13-19(14-10-17)25(4)5)15-20(23-22(26)27)16-7-11-18(12-8-16)24(2)3/h7-15H,6H2,1-5H3.